The molecule has 1 aromatic rings. The zero-order valence-corrected chi connectivity index (χ0v) is 9.69. The highest BCUT2D eigenvalue weighted by molar-refractivity contribution is 4.64. The zero-order valence-electron chi connectivity index (χ0n) is 9.69. The van der Waals surface area contributed by atoms with Crippen LogP contribution in [0, 0.1) is 0 Å². The maximum atomic E-state index is 5.43. The summed E-state index contributed by atoms with van der Waals surface area (Å²) in [4.78, 5) is 0. The predicted octanol–water partition coefficient (Wildman–Crippen LogP) is 0.849. The first-order valence-electron chi connectivity index (χ1n) is 5.57. The van der Waals surface area contributed by atoms with E-state index >= 15 is 0 Å². The molecule has 0 spiro atoms. The van der Waals surface area contributed by atoms with Crippen molar-refractivity contribution in [2.75, 3.05) is 26.4 Å². The second-order valence-corrected chi connectivity index (χ2v) is 3.29. The Labute approximate surface area is 91.4 Å². The molecule has 0 unspecified atom stereocenters. The minimum absolute atomic E-state index is 0.683. The van der Waals surface area contributed by atoms with E-state index in [4.69, 9.17) is 9.47 Å². The number of ether oxygens (including phenoxy) is 2. The molecule has 0 N–H and O–H groups in total. The minimum Gasteiger partial charge on any atom is -0.379 e. The molecule has 4 heteroatoms. The van der Waals surface area contributed by atoms with Gasteiger partial charge in [-0.15, -0.1) is 0 Å². The van der Waals surface area contributed by atoms with Gasteiger partial charge < -0.3 is 9.47 Å². The van der Waals surface area contributed by atoms with Gasteiger partial charge >= 0.3 is 0 Å². The molecule has 0 bridgehead atoms. The molecule has 4 nitrogen and oxygen atoms in total. The van der Waals surface area contributed by atoms with Crippen LogP contribution in [-0.2, 0) is 22.6 Å². The maximum Gasteiger partial charge on any atom is 0.243 e. The molecule has 0 saturated heterocycles. The number of imidazole rings is 1. The Morgan fingerprint density at radius 3 is 2.60 bits per heavy atom. The van der Waals surface area contributed by atoms with Crippen molar-refractivity contribution in [2.45, 2.75) is 26.9 Å². The fourth-order valence-electron chi connectivity index (χ4n) is 1.29. The standard InChI is InChI=1S/C11H21N2O2/c1-3-12-5-6-13(11-12)7-8-15-10-9-14-4-2/h5-6,11H,3-4,7-10H2,1-2H3/q+1. The average molecular weight is 213 g/mol. The van der Waals surface area contributed by atoms with Crippen molar-refractivity contribution in [2.24, 2.45) is 0 Å². The third kappa shape index (κ3) is 4.95. The first kappa shape index (κ1) is 12.2. The largest absolute Gasteiger partial charge is 0.379 e. The van der Waals surface area contributed by atoms with Crippen LogP contribution in [0.5, 0.6) is 0 Å². The Morgan fingerprint density at radius 1 is 1.13 bits per heavy atom. The third-order valence-electron chi connectivity index (χ3n) is 2.18. The second kappa shape index (κ2) is 7.43. The smallest absolute Gasteiger partial charge is 0.243 e. The van der Waals surface area contributed by atoms with E-state index in [0.717, 1.165) is 26.3 Å². The van der Waals surface area contributed by atoms with Crippen LogP contribution in [0.1, 0.15) is 13.8 Å². The summed E-state index contributed by atoms with van der Waals surface area (Å²) in [6.07, 6.45) is 6.22. The molecule has 0 atom stereocenters. The fourth-order valence-corrected chi connectivity index (χ4v) is 1.29. The van der Waals surface area contributed by atoms with Crippen LogP contribution in [0.25, 0.3) is 0 Å². The molecule has 0 aliphatic rings. The van der Waals surface area contributed by atoms with E-state index in [0.29, 0.717) is 13.2 Å². The Hall–Kier alpha value is -0.870. The number of aryl methyl sites for hydroxylation is 1. The lowest BCUT2D eigenvalue weighted by atomic mass is 10.6. The van der Waals surface area contributed by atoms with Gasteiger partial charge in [-0.2, -0.15) is 0 Å². The molecule has 15 heavy (non-hydrogen) atoms. The lowest BCUT2D eigenvalue weighted by molar-refractivity contribution is -0.698. The number of hydrogen-bond donors (Lipinski definition) is 0. The highest BCUT2D eigenvalue weighted by atomic mass is 16.5. The highest BCUT2D eigenvalue weighted by Gasteiger charge is 2.00. The van der Waals surface area contributed by atoms with Crippen molar-refractivity contribution >= 4 is 0 Å². The van der Waals surface area contributed by atoms with E-state index in [1.54, 1.807) is 0 Å². The van der Waals surface area contributed by atoms with Crippen molar-refractivity contribution < 1.29 is 14.0 Å². The lowest BCUT2D eigenvalue weighted by Crippen LogP contribution is -2.33. The Balaban J connectivity index is 2.04. The topological polar surface area (TPSA) is 27.3 Å². The normalized spacial score (nSPS) is 10.8. The second-order valence-electron chi connectivity index (χ2n) is 3.29. The van der Waals surface area contributed by atoms with E-state index in [1.807, 2.05) is 6.92 Å². The molecule has 1 rings (SSSR count). The molecule has 0 radical (unpaired) electrons. The van der Waals surface area contributed by atoms with Gasteiger partial charge in [-0.05, 0) is 13.8 Å². The summed E-state index contributed by atoms with van der Waals surface area (Å²) in [6, 6.07) is 0. The Kier molecular flexibility index (Phi) is 6.04. The van der Waals surface area contributed by atoms with Crippen molar-refractivity contribution in [3.05, 3.63) is 18.7 Å². The van der Waals surface area contributed by atoms with Crippen LogP contribution in [0.4, 0.5) is 0 Å². The number of nitrogens with zero attached hydrogens (tertiary/aromatic N) is 2. The van der Waals surface area contributed by atoms with Crippen LogP contribution < -0.4 is 4.57 Å². The van der Waals surface area contributed by atoms with Gasteiger partial charge in [-0.3, -0.25) is 0 Å². The van der Waals surface area contributed by atoms with Crippen molar-refractivity contribution in [1.29, 1.82) is 0 Å². The van der Waals surface area contributed by atoms with Crippen molar-refractivity contribution in [1.82, 2.24) is 4.57 Å². The molecule has 86 valence electrons. The molecule has 0 aliphatic heterocycles. The average Bonchev–Trinajstić information content (AvgIpc) is 2.71. The van der Waals surface area contributed by atoms with Crippen LogP contribution in [0.3, 0.4) is 0 Å². The van der Waals surface area contributed by atoms with Crippen LogP contribution >= 0.6 is 0 Å². The van der Waals surface area contributed by atoms with E-state index in [9.17, 15) is 0 Å². The number of hydrogen-bond acceptors (Lipinski definition) is 2. The number of rotatable bonds is 8. The van der Waals surface area contributed by atoms with E-state index < -0.39 is 0 Å². The lowest BCUT2D eigenvalue weighted by Gasteiger charge is -2.02. The Morgan fingerprint density at radius 2 is 1.93 bits per heavy atom. The highest BCUT2D eigenvalue weighted by Crippen LogP contribution is 1.84. The molecule has 0 fully saturated rings. The van der Waals surface area contributed by atoms with Gasteiger partial charge in [0.2, 0.25) is 6.33 Å². The van der Waals surface area contributed by atoms with Gasteiger partial charge in [-0.25, -0.2) is 9.13 Å². The van der Waals surface area contributed by atoms with E-state index in [1.165, 1.54) is 0 Å². The Bertz CT molecular complexity index is 261. The summed E-state index contributed by atoms with van der Waals surface area (Å²) < 4.78 is 14.9. The fraction of sp³-hybridized carbons (Fsp3) is 0.727. The number of aromatic nitrogens is 2. The summed E-state index contributed by atoms with van der Waals surface area (Å²) in [5, 5.41) is 0. The molecule has 0 aliphatic carbocycles. The molecular formula is C11H21N2O2+. The first-order chi connectivity index (χ1) is 7.36. The van der Waals surface area contributed by atoms with Gasteiger partial charge in [-0.1, -0.05) is 0 Å². The molecule has 0 amide bonds. The maximum absolute atomic E-state index is 5.43. The van der Waals surface area contributed by atoms with Crippen molar-refractivity contribution in [3.63, 3.8) is 0 Å². The summed E-state index contributed by atoms with van der Waals surface area (Å²) in [6.45, 7) is 8.91. The van der Waals surface area contributed by atoms with Crippen LogP contribution in [0.2, 0.25) is 0 Å². The summed E-state index contributed by atoms with van der Waals surface area (Å²) >= 11 is 0. The summed E-state index contributed by atoms with van der Waals surface area (Å²) in [7, 11) is 0. The van der Waals surface area contributed by atoms with E-state index in [2.05, 4.69) is 34.8 Å². The SMILES string of the molecule is CCOCCOCC[n+]1ccn(CC)c1. The van der Waals surface area contributed by atoms with Gasteiger partial charge in [0.15, 0.2) is 0 Å². The van der Waals surface area contributed by atoms with Gasteiger partial charge in [0.1, 0.15) is 18.9 Å². The van der Waals surface area contributed by atoms with Gasteiger partial charge in [0, 0.05) is 6.61 Å². The predicted molar refractivity (Wildman–Crippen MR) is 57.6 cm³/mol. The minimum atomic E-state index is 0.683. The van der Waals surface area contributed by atoms with E-state index in [-0.39, 0.29) is 0 Å². The third-order valence-corrected chi connectivity index (χ3v) is 2.18. The zero-order chi connectivity index (χ0) is 10.9. The quantitative estimate of drug-likeness (QED) is 0.473. The van der Waals surface area contributed by atoms with Gasteiger partial charge in [0.25, 0.3) is 0 Å². The van der Waals surface area contributed by atoms with Crippen LogP contribution in [-0.4, -0.2) is 31.0 Å². The van der Waals surface area contributed by atoms with Crippen LogP contribution in [0.15, 0.2) is 18.7 Å². The molecule has 0 saturated carbocycles. The molecule has 1 aromatic heterocycles. The molecule has 1 heterocycles. The molecular weight excluding hydrogens is 192 g/mol. The molecule has 0 aromatic carbocycles. The summed E-state index contributed by atoms with van der Waals surface area (Å²) in [5.74, 6) is 0. The summed E-state index contributed by atoms with van der Waals surface area (Å²) in [5.41, 5.74) is 0. The van der Waals surface area contributed by atoms with Crippen molar-refractivity contribution in [3.8, 4) is 0 Å². The first-order valence-corrected chi connectivity index (χ1v) is 5.57. The van der Waals surface area contributed by atoms with Gasteiger partial charge in [0.05, 0.1) is 26.4 Å². The monoisotopic (exact) mass is 213 g/mol.